The zero-order valence-electron chi connectivity index (χ0n) is 36.7. The molecule has 3 fully saturated rings. The summed E-state index contributed by atoms with van der Waals surface area (Å²) in [5.41, 5.74) is 3.06. The van der Waals surface area contributed by atoms with E-state index in [4.69, 9.17) is 14.9 Å². The quantitative estimate of drug-likeness (QED) is 0.0442. The first kappa shape index (κ1) is 47.3. The van der Waals surface area contributed by atoms with E-state index in [1.165, 1.54) is 35.7 Å². The molecule has 3 aliphatic rings. The average Bonchev–Trinajstić information content (AvgIpc) is 3.75. The van der Waals surface area contributed by atoms with Crippen molar-refractivity contribution in [2.45, 2.75) is 110 Å². The lowest BCUT2D eigenvalue weighted by Gasteiger charge is -2.46. The average molecular weight is 926 g/mol. The Labute approximate surface area is 382 Å². The number of aromatic nitrogens is 2. The second-order valence-corrected chi connectivity index (χ2v) is 21.1. The first-order valence-corrected chi connectivity index (χ1v) is 24.2. The van der Waals surface area contributed by atoms with Crippen LogP contribution in [0, 0.1) is 27.2 Å². The molecule has 2 N–H and O–H groups in total. The minimum Gasteiger partial charge on any atom is -0.483 e. The number of nitro benzene ring substituents is 2. The maximum Gasteiger partial charge on any atom is 0.296 e. The molecule has 1 amide bonds. The fraction of sp³-hybridized carbons (Fsp3) is 0.426. The van der Waals surface area contributed by atoms with Crippen molar-refractivity contribution in [1.82, 2.24) is 24.1 Å². The third-order valence-electron chi connectivity index (χ3n) is 13.4. The molecule has 344 valence electrons. The van der Waals surface area contributed by atoms with Crippen molar-refractivity contribution < 1.29 is 33.0 Å². The largest absolute Gasteiger partial charge is 0.483 e. The maximum atomic E-state index is 14.2. The summed E-state index contributed by atoms with van der Waals surface area (Å²) in [6, 6.07) is 31.0. The van der Waals surface area contributed by atoms with Crippen molar-refractivity contribution in [1.29, 1.82) is 0 Å². The van der Waals surface area contributed by atoms with E-state index in [1.54, 1.807) is 0 Å². The molecule has 3 atom stereocenters. The lowest BCUT2D eigenvalue weighted by Crippen LogP contribution is -2.52. The second kappa shape index (κ2) is 19.8. The van der Waals surface area contributed by atoms with Crippen molar-refractivity contribution in [3.8, 4) is 0 Å². The van der Waals surface area contributed by atoms with Gasteiger partial charge < -0.3 is 14.6 Å². The predicted octanol–water partition coefficient (Wildman–Crippen LogP) is 8.07. The van der Waals surface area contributed by atoms with Gasteiger partial charge in [-0.05, 0) is 126 Å². The highest BCUT2D eigenvalue weighted by Gasteiger charge is 2.45. The summed E-state index contributed by atoms with van der Waals surface area (Å²) in [4.78, 5) is 53.4. The van der Waals surface area contributed by atoms with E-state index in [2.05, 4.69) is 75.7 Å². The first-order valence-electron chi connectivity index (χ1n) is 21.9. The van der Waals surface area contributed by atoms with Gasteiger partial charge in [-0.2, -0.15) is 0 Å². The lowest BCUT2D eigenvalue weighted by atomic mass is 9.70. The fourth-order valence-corrected chi connectivity index (χ4v) is 12.5. The molecule has 5 aromatic rings. The van der Waals surface area contributed by atoms with Crippen LogP contribution in [0.2, 0.25) is 0 Å². The van der Waals surface area contributed by atoms with E-state index in [0.717, 1.165) is 72.6 Å². The smallest absolute Gasteiger partial charge is 0.296 e. The minimum atomic E-state index is -4.32. The van der Waals surface area contributed by atoms with E-state index in [-0.39, 0.29) is 24.3 Å². The number of benzene rings is 4. The Balaban J connectivity index is 0.00000204. The topological polar surface area (TPSA) is 211 Å². The maximum absolute atomic E-state index is 14.2. The number of nitro groups is 2. The van der Waals surface area contributed by atoms with Crippen LogP contribution in [0.15, 0.2) is 107 Å². The number of likely N-dealkylation sites (tertiary alicyclic amines) is 1. The number of hydrogen-bond donors (Lipinski definition) is 2. The fourth-order valence-electron chi connectivity index (χ4n) is 10.2. The Kier molecular flexibility index (Phi) is 14.4. The van der Waals surface area contributed by atoms with Crippen LogP contribution in [0.4, 0.5) is 11.4 Å². The molecule has 3 aliphatic heterocycles. The molecule has 18 heteroatoms. The number of fused-ring (bicyclic) bond motifs is 3. The molecule has 3 saturated heterocycles. The Hall–Kier alpha value is -5.69. The highest BCUT2D eigenvalue weighted by atomic mass is 32.2. The molecule has 4 aromatic carbocycles. The summed E-state index contributed by atoms with van der Waals surface area (Å²) in [7, 11) is -4.32. The number of imidazole rings is 1. The normalized spacial score (nSPS) is 19.6. The number of carbonyl (C=O) groups excluding carboxylic acids is 1. The van der Waals surface area contributed by atoms with Crippen LogP contribution < -0.4 is 4.72 Å². The Morgan fingerprint density at radius 3 is 2.18 bits per heavy atom. The van der Waals surface area contributed by atoms with Crippen molar-refractivity contribution in [2.75, 3.05) is 26.2 Å². The van der Waals surface area contributed by atoms with Crippen molar-refractivity contribution in [3.63, 3.8) is 0 Å². The SMILES string of the molecule is Cc1nc2ccccc2n1C1C[C@H]2CC[C@@H](C1)N2CCC1(c2ccccc2)CCN(C(=O)C(C)(C)Sc2ccc(CCNS(=O)(=O)c3ccc([N+](=O)[O-])cc3[N+](=O)[O-])cc2)CC1.O=CO. The number of rotatable bonds is 15. The predicted molar refractivity (Wildman–Crippen MR) is 249 cm³/mol. The molecular formula is C47H55N7O9S2. The van der Waals surface area contributed by atoms with Gasteiger partial charge in [0.05, 0.1) is 31.7 Å². The Morgan fingerprint density at radius 1 is 0.923 bits per heavy atom. The molecule has 8 rings (SSSR count). The number of carbonyl (C=O) groups is 2. The van der Waals surface area contributed by atoms with Gasteiger partial charge in [-0.25, -0.2) is 18.1 Å². The van der Waals surface area contributed by atoms with Crippen LogP contribution in [0.3, 0.4) is 0 Å². The number of nitrogens with one attached hydrogen (secondary N) is 1. The number of nitrogens with zero attached hydrogens (tertiary/aromatic N) is 6. The number of piperidine rings is 2. The van der Waals surface area contributed by atoms with Crippen LogP contribution in [-0.4, -0.2) is 98.1 Å². The van der Waals surface area contributed by atoms with Gasteiger partial charge in [0.25, 0.3) is 17.8 Å². The van der Waals surface area contributed by atoms with Gasteiger partial charge in [-0.1, -0.05) is 54.6 Å². The molecular weight excluding hydrogens is 871 g/mol. The summed E-state index contributed by atoms with van der Waals surface area (Å²) in [5.74, 6) is 1.21. The summed E-state index contributed by atoms with van der Waals surface area (Å²) in [6.07, 6.45) is 7.96. The molecule has 4 heterocycles. The van der Waals surface area contributed by atoms with Gasteiger partial charge >= 0.3 is 0 Å². The van der Waals surface area contributed by atoms with Crippen molar-refractivity contribution >= 4 is 56.6 Å². The van der Waals surface area contributed by atoms with Crippen molar-refractivity contribution in [2.24, 2.45) is 0 Å². The van der Waals surface area contributed by atoms with Crippen LogP contribution in [0.25, 0.3) is 11.0 Å². The number of carboxylic acid groups (broad SMARTS) is 1. The molecule has 1 aromatic heterocycles. The molecule has 2 bridgehead atoms. The minimum absolute atomic E-state index is 0.0106. The molecule has 1 unspecified atom stereocenters. The van der Waals surface area contributed by atoms with Crippen LogP contribution in [0.1, 0.15) is 81.8 Å². The summed E-state index contributed by atoms with van der Waals surface area (Å²) in [6.45, 7) is 8.22. The number of sulfonamides is 1. The molecule has 0 radical (unpaired) electrons. The van der Waals surface area contributed by atoms with Gasteiger partial charge in [0.1, 0.15) is 5.82 Å². The second-order valence-electron chi connectivity index (χ2n) is 17.6. The number of non-ortho nitro benzene ring substituents is 1. The number of aryl methyl sites for hydroxylation is 1. The third-order valence-corrected chi connectivity index (χ3v) is 16.1. The summed E-state index contributed by atoms with van der Waals surface area (Å²) in [5, 5.41) is 29.5. The highest BCUT2D eigenvalue weighted by Crippen LogP contribution is 2.46. The zero-order chi connectivity index (χ0) is 46.5. The first-order chi connectivity index (χ1) is 31.1. The number of thioether (sulfide) groups is 1. The number of para-hydroxylation sites is 2. The van der Waals surface area contributed by atoms with Crippen molar-refractivity contribution in [3.05, 3.63) is 134 Å². The van der Waals surface area contributed by atoms with E-state index >= 15 is 0 Å². The highest BCUT2D eigenvalue weighted by molar-refractivity contribution is 8.01. The lowest BCUT2D eigenvalue weighted by molar-refractivity contribution is -0.396. The third kappa shape index (κ3) is 10.4. The Morgan fingerprint density at radius 2 is 1.55 bits per heavy atom. The van der Waals surface area contributed by atoms with Gasteiger partial charge in [-0.15, -0.1) is 11.8 Å². The van der Waals surface area contributed by atoms with Crippen LogP contribution in [-0.2, 0) is 31.4 Å². The number of amides is 1. The zero-order valence-corrected chi connectivity index (χ0v) is 38.4. The molecule has 0 spiro atoms. The number of hydrogen-bond acceptors (Lipinski definition) is 11. The van der Waals surface area contributed by atoms with E-state index in [1.807, 2.05) is 43.0 Å². The standard InChI is InChI=1S/C46H53N7O7S2.CH2O2/c1-32-48-40-11-7-8-12-41(40)51(32)38-29-35-15-16-36(30-38)50(35)28-24-46(34-9-5-4-6-10-34)22-26-49(27-23-46)44(54)45(2,3)61-39-18-13-33(14-19-39)21-25-47-62(59,60)43-20-17-37(52(55)56)31-42(43)53(57)58;2-1-3/h4-14,17-20,31,35-36,38,47H,15-16,21-30H2,1-3H3;1H,(H,2,3)/t35-,36+,38?;. The van der Waals surface area contributed by atoms with Crippen LogP contribution >= 0.6 is 11.8 Å². The van der Waals surface area contributed by atoms with E-state index in [9.17, 15) is 33.4 Å². The monoisotopic (exact) mass is 925 g/mol. The molecule has 0 saturated carbocycles. The molecule has 16 nitrogen and oxygen atoms in total. The van der Waals surface area contributed by atoms with Gasteiger partial charge in [-0.3, -0.25) is 34.7 Å². The molecule has 0 aliphatic carbocycles. The van der Waals surface area contributed by atoms with Gasteiger partial charge in [0, 0.05) is 48.7 Å². The van der Waals surface area contributed by atoms with Gasteiger partial charge in [0.2, 0.25) is 15.9 Å². The van der Waals surface area contributed by atoms with E-state index < -0.39 is 40.9 Å². The Bertz CT molecular complexity index is 2620. The summed E-state index contributed by atoms with van der Waals surface area (Å²) >= 11 is 1.50. The summed E-state index contributed by atoms with van der Waals surface area (Å²) < 4.78 is 30.0. The van der Waals surface area contributed by atoms with Crippen LogP contribution in [0.5, 0.6) is 0 Å². The molecule has 65 heavy (non-hydrogen) atoms. The van der Waals surface area contributed by atoms with E-state index in [0.29, 0.717) is 43.7 Å². The van der Waals surface area contributed by atoms with Gasteiger partial charge in [0.15, 0.2) is 4.90 Å².